The Hall–Kier alpha value is -0.610. The molecule has 0 unspecified atom stereocenters. The van der Waals surface area contributed by atoms with Gasteiger partial charge >= 0.3 is 0 Å². The Balaban J connectivity index is 2.45. The molecular formula is C11H10BrIN2O3S. The largest absolute Gasteiger partial charge is 0.360 e. The maximum Gasteiger partial charge on any atom is 0.267 e. The third-order valence-corrected chi connectivity index (χ3v) is 5.38. The number of sulfonamides is 1. The summed E-state index contributed by atoms with van der Waals surface area (Å²) in [4.78, 5) is 0.0817. The Bertz CT molecular complexity index is 708. The summed E-state index contributed by atoms with van der Waals surface area (Å²) in [5, 5.41) is 3.66. The topological polar surface area (TPSA) is 72.2 Å². The Labute approximate surface area is 133 Å². The smallest absolute Gasteiger partial charge is 0.267 e. The molecule has 0 aliphatic carbocycles. The summed E-state index contributed by atoms with van der Waals surface area (Å²) >= 11 is 5.43. The first-order valence-electron chi connectivity index (χ1n) is 5.22. The van der Waals surface area contributed by atoms with Crippen LogP contribution in [0.1, 0.15) is 11.5 Å². The van der Waals surface area contributed by atoms with Crippen molar-refractivity contribution in [3.05, 3.63) is 37.7 Å². The van der Waals surface area contributed by atoms with E-state index in [9.17, 15) is 8.42 Å². The average molecular weight is 457 g/mol. The molecule has 0 fully saturated rings. The van der Waals surface area contributed by atoms with Gasteiger partial charge in [-0.3, -0.25) is 4.72 Å². The van der Waals surface area contributed by atoms with Crippen LogP contribution >= 0.6 is 38.5 Å². The van der Waals surface area contributed by atoms with E-state index in [0.29, 0.717) is 15.9 Å². The van der Waals surface area contributed by atoms with Gasteiger partial charge in [0.2, 0.25) is 0 Å². The van der Waals surface area contributed by atoms with Gasteiger partial charge in [0.25, 0.3) is 10.0 Å². The summed E-state index contributed by atoms with van der Waals surface area (Å²) in [5.41, 5.74) is 0.818. The first-order chi connectivity index (χ1) is 8.81. The van der Waals surface area contributed by atoms with Gasteiger partial charge in [-0.25, -0.2) is 8.42 Å². The summed E-state index contributed by atoms with van der Waals surface area (Å²) in [6.07, 6.45) is 0. The molecule has 19 heavy (non-hydrogen) atoms. The highest BCUT2D eigenvalue weighted by Crippen LogP contribution is 2.28. The van der Waals surface area contributed by atoms with E-state index >= 15 is 0 Å². The second kappa shape index (κ2) is 5.41. The zero-order chi connectivity index (χ0) is 14.2. The highest BCUT2D eigenvalue weighted by atomic mass is 127. The van der Waals surface area contributed by atoms with Crippen molar-refractivity contribution in [1.29, 1.82) is 0 Å². The summed E-state index contributed by atoms with van der Waals surface area (Å²) in [7, 11) is -3.71. The lowest BCUT2D eigenvalue weighted by atomic mass is 10.3. The number of nitrogens with one attached hydrogen (secondary N) is 1. The van der Waals surface area contributed by atoms with E-state index in [2.05, 4.69) is 48.4 Å². The molecule has 1 aromatic heterocycles. The van der Waals surface area contributed by atoms with E-state index in [4.69, 9.17) is 4.52 Å². The van der Waals surface area contributed by atoms with Gasteiger partial charge in [0.15, 0.2) is 10.7 Å². The van der Waals surface area contributed by atoms with Gasteiger partial charge in [-0.05, 0) is 70.6 Å². The average Bonchev–Trinajstić information content (AvgIpc) is 2.64. The van der Waals surface area contributed by atoms with Crippen molar-refractivity contribution in [2.45, 2.75) is 18.7 Å². The van der Waals surface area contributed by atoms with Gasteiger partial charge in [0, 0.05) is 8.04 Å². The third-order valence-electron chi connectivity index (χ3n) is 2.41. The van der Waals surface area contributed by atoms with Crippen molar-refractivity contribution in [1.82, 2.24) is 5.16 Å². The fourth-order valence-corrected chi connectivity index (χ4v) is 4.00. The molecule has 0 bridgehead atoms. The van der Waals surface area contributed by atoms with Gasteiger partial charge in [0.1, 0.15) is 5.69 Å². The molecule has 0 saturated heterocycles. The van der Waals surface area contributed by atoms with E-state index in [0.717, 1.165) is 3.57 Å². The SMILES string of the molecule is Cc1noc(C)c1S(=O)(=O)Nc1cc(I)ccc1Br. The molecule has 1 heterocycles. The van der Waals surface area contributed by atoms with Gasteiger partial charge in [-0.15, -0.1) is 0 Å². The molecule has 0 aliphatic heterocycles. The predicted octanol–water partition coefficient (Wildman–Crippen LogP) is 3.46. The molecule has 0 radical (unpaired) electrons. The van der Waals surface area contributed by atoms with Crippen LogP contribution in [-0.2, 0) is 10.0 Å². The van der Waals surface area contributed by atoms with Crippen molar-refractivity contribution in [2.75, 3.05) is 4.72 Å². The molecule has 2 aromatic rings. The minimum Gasteiger partial charge on any atom is -0.360 e. The van der Waals surface area contributed by atoms with Crippen molar-refractivity contribution in [2.24, 2.45) is 0 Å². The lowest BCUT2D eigenvalue weighted by Crippen LogP contribution is -2.15. The van der Waals surface area contributed by atoms with Crippen LogP contribution < -0.4 is 4.72 Å². The molecule has 0 saturated carbocycles. The van der Waals surface area contributed by atoms with Crippen LogP contribution in [0.3, 0.4) is 0 Å². The maximum absolute atomic E-state index is 12.3. The number of nitrogens with zero attached hydrogens (tertiary/aromatic N) is 1. The molecule has 0 aliphatic rings. The molecule has 5 nitrogen and oxygen atoms in total. The molecule has 1 aromatic carbocycles. The van der Waals surface area contributed by atoms with Crippen LogP contribution in [0, 0.1) is 17.4 Å². The van der Waals surface area contributed by atoms with Crippen LogP contribution in [0.4, 0.5) is 5.69 Å². The molecule has 8 heteroatoms. The first kappa shape index (κ1) is 14.8. The van der Waals surface area contributed by atoms with Gasteiger partial charge in [-0.1, -0.05) is 5.16 Å². The van der Waals surface area contributed by atoms with E-state index in [1.165, 1.54) is 0 Å². The maximum atomic E-state index is 12.3. The van der Waals surface area contributed by atoms with Crippen molar-refractivity contribution in [3.63, 3.8) is 0 Å². The highest BCUT2D eigenvalue weighted by molar-refractivity contribution is 14.1. The van der Waals surface area contributed by atoms with Crippen molar-refractivity contribution in [3.8, 4) is 0 Å². The van der Waals surface area contributed by atoms with Crippen LogP contribution in [0.5, 0.6) is 0 Å². The van der Waals surface area contributed by atoms with E-state index < -0.39 is 10.0 Å². The van der Waals surface area contributed by atoms with E-state index in [1.807, 2.05) is 6.07 Å². The quantitative estimate of drug-likeness (QED) is 0.718. The van der Waals surface area contributed by atoms with Crippen molar-refractivity contribution >= 4 is 54.2 Å². The normalized spacial score (nSPS) is 11.6. The second-order valence-corrected chi connectivity index (χ2v) is 7.60. The Morgan fingerprint density at radius 2 is 2.05 bits per heavy atom. The Kier molecular flexibility index (Phi) is 4.21. The molecule has 0 amide bonds. The molecule has 0 atom stereocenters. The summed E-state index contributed by atoms with van der Waals surface area (Å²) in [6, 6.07) is 5.39. The standard InChI is InChI=1S/C11H10BrIN2O3S/c1-6-11(7(2)18-14-6)19(16,17)15-10-5-8(13)3-4-9(10)12/h3-5,15H,1-2H3. The van der Waals surface area contributed by atoms with Crippen LogP contribution in [0.15, 0.2) is 32.1 Å². The minimum absolute atomic E-state index is 0.0817. The first-order valence-corrected chi connectivity index (χ1v) is 8.57. The number of hydrogen-bond donors (Lipinski definition) is 1. The van der Waals surface area contributed by atoms with E-state index in [-0.39, 0.29) is 10.7 Å². The second-order valence-electron chi connectivity index (χ2n) is 3.88. The molecule has 1 N–H and O–H groups in total. The number of aromatic nitrogens is 1. The number of halogens is 2. The van der Waals surface area contributed by atoms with Crippen LogP contribution in [0.2, 0.25) is 0 Å². The molecule has 0 spiro atoms. The Morgan fingerprint density at radius 3 is 2.63 bits per heavy atom. The van der Waals surface area contributed by atoms with Crippen molar-refractivity contribution < 1.29 is 12.9 Å². The lowest BCUT2D eigenvalue weighted by molar-refractivity contribution is 0.390. The number of anilines is 1. The molecule has 2 rings (SSSR count). The number of hydrogen-bond acceptors (Lipinski definition) is 4. The van der Waals surface area contributed by atoms with Crippen LogP contribution in [-0.4, -0.2) is 13.6 Å². The van der Waals surface area contributed by atoms with Gasteiger partial charge in [0.05, 0.1) is 5.69 Å². The highest BCUT2D eigenvalue weighted by Gasteiger charge is 2.24. The fourth-order valence-electron chi connectivity index (χ4n) is 1.63. The van der Waals surface area contributed by atoms with Crippen LogP contribution in [0.25, 0.3) is 0 Å². The number of benzene rings is 1. The lowest BCUT2D eigenvalue weighted by Gasteiger charge is -2.09. The molecule has 102 valence electrons. The monoisotopic (exact) mass is 456 g/mol. The number of rotatable bonds is 3. The Morgan fingerprint density at radius 1 is 1.37 bits per heavy atom. The summed E-state index contributed by atoms with van der Waals surface area (Å²) in [6.45, 7) is 3.16. The van der Waals surface area contributed by atoms with Gasteiger partial charge in [-0.2, -0.15) is 0 Å². The predicted molar refractivity (Wildman–Crippen MR) is 83.6 cm³/mol. The fraction of sp³-hybridized carbons (Fsp3) is 0.182. The third kappa shape index (κ3) is 3.11. The van der Waals surface area contributed by atoms with Gasteiger partial charge < -0.3 is 4.52 Å². The zero-order valence-corrected chi connectivity index (χ0v) is 14.6. The molecular weight excluding hydrogens is 447 g/mol. The van der Waals surface area contributed by atoms with E-state index in [1.54, 1.807) is 26.0 Å². The summed E-state index contributed by atoms with van der Waals surface area (Å²) < 4.78 is 33.7. The number of aryl methyl sites for hydroxylation is 2. The zero-order valence-electron chi connectivity index (χ0n) is 10.1. The summed E-state index contributed by atoms with van der Waals surface area (Å²) in [5.74, 6) is 0.270. The minimum atomic E-state index is -3.71.